The molecule has 0 aromatic heterocycles. The van der Waals surface area contributed by atoms with Crippen molar-refractivity contribution < 1.29 is 97.3 Å². The van der Waals surface area contributed by atoms with Crippen LogP contribution in [0.4, 0.5) is 0 Å². The minimum absolute atomic E-state index is 0. The fraction of sp³-hybridized carbons (Fsp3) is 0.500. The first kappa shape index (κ1) is 49.6. The minimum atomic E-state index is -1.08. The summed E-state index contributed by atoms with van der Waals surface area (Å²) in [6.45, 7) is 5.83. The molecule has 1 radical (unpaired) electrons. The monoisotopic (exact) mass is 511 g/mol. The Labute approximate surface area is 174 Å². The fourth-order valence-electron chi connectivity index (χ4n) is 0. The molecule has 0 saturated heterocycles. The van der Waals surface area contributed by atoms with Crippen LogP contribution in [-0.4, -0.2) is 35.8 Å². The normalized spacial score (nSPS) is 5.77. The van der Waals surface area contributed by atoms with E-state index in [9.17, 15) is 0 Å². The van der Waals surface area contributed by atoms with Gasteiger partial charge in [0, 0.05) is 35.8 Å². The molecule has 0 unspecified atom stereocenters. The van der Waals surface area contributed by atoms with Crippen molar-refractivity contribution in [3.8, 4) is 0 Å². The predicted molar refractivity (Wildman–Crippen MR) is 64.1 cm³/mol. The quantitative estimate of drug-likeness (QED) is 0.277. The third-order valence-corrected chi connectivity index (χ3v) is 0. The van der Waals surface area contributed by atoms with Gasteiger partial charge in [-0.25, -0.2) is 0 Å². The minimum Gasteiger partial charge on any atom is -0.550 e. The summed E-state index contributed by atoms with van der Waals surface area (Å²) >= 11 is 0. The second kappa shape index (κ2) is 43.5. The summed E-state index contributed by atoms with van der Waals surface area (Å²) in [6.07, 6.45) is 0. The molecule has 0 aromatic rings. The van der Waals surface area contributed by atoms with Gasteiger partial charge in [0.05, 0.1) is 0 Å². The molecule has 0 aliphatic heterocycles. The first-order chi connectivity index (χ1) is 10.4. The molecule has 0 N–H and O–H groups in total. The SMILES string of the molecule is CC(=O)[O-].CC(=O)[O-].CC(=O)[O-].CC(=O)[O-].CC(=O)[O-].CC(=O)[O-].[Co+2].[Mo+4]. The van der Waals surface area contributed by atoms with E-state index in [1.165, 1.54) is 0 Å². The Morgan fingerprint density at radius 2 is 0.385 bits per heavy atom. The Kier molecular flexibility index (Phi) is 83.0. The van der Waals surface area contributed by atoms with E-state index in [0.29, 0.717) is 0 Å². The number of hydrogen-bond donors (Lipinski definition) is 0. The van der Waals surface area contributed by atoms with Gasteiger partial charge in [-0.05, 0) is 41.5 Å². The molecule has 12 nitrogen and oxygen atoms in total. The number of carboxylic acids is 6. The van der Waals surface area contributed by atoms with E-state index < -0.39 is 35.8 Å². The van der Waals surface area contributed by atoms with Crippen molar-refractivity contribution in [2.24, 2.45) is 0 Å². The van der Waals surface area contributed by atoms with Crippen LogP contribution in [0.2, 0.25) is 0 Å². The second-order valence-corrected chi connectivity index (χ2v) is 2.95. The number of carbonyl (C=O) groups excluding carboxylic acids is 6. The molecular formula is C12H18CoMoO12. The largest absolute Gasteiger partial charge is 4.00 e. The second-order valence-electron chi connectivity index (χ2n) is 2.95. The molecular weight excluding hydrogens is 491 g/mol. The zero-order chi connectivity index (χ0) is 21.5. The maximum atomic E-state index is 8.89. The van der Waals surface area contributed by atoms with Crippen LogP contribution in [0.3, 0.4) is 0 Å². The first-order valence-corrected chi connectivity index (χ1v) is 5.45. The smallest absolute Gasteiger partial charge is 0.550 e. The molecule has 0 fully saturated rings. The number of carboxylic acid groups (broad SMARTS) is 6. The Bertz CT molecular complexity index is 267. The molecule has 0 bridgehead atoms. The van der Waals surface area contributed by atoms with Crippen molar-refractivity contribution in [2.75, 3.05) is 0 Å². The molecule has 0 rings (SSSR count). The number of carbonyl (C=O) groups is 6. The van der Waals surface area contributed by atoms with Crippen LogP contribution in [0, 0.1) is 0 Å². The van der Waals surface area contributed by atoms with E-state index >= 15 is 0 Å². The molecule has 153 valence electrons. The van der Waals surface area contributed by atoms with Crippen molar-refractivity contribution in [1.29, 1.82) is 0 Å². The summed E-state index contributed by atoms with van der Waals surface area (Å²) in [5.74, 6) is -6.50. The average Bonchev–Trinajstić information content (AvgIpc) is 2.08. The Hall–Kier alpha value is -1.99. The number of rotatable bonds is 0. The summed E-state index contributed by atoms with van der Waals surface area (Å²) in [5.41, 5.74) is 0. The zero-order valence-electron chi connectivity index (χ0n) is 14.6. The van der Waals surface area contributed by atoms with Crippen molar-refractivity contribution in [3.05, 3.63) is 0 Å². The molecule has 0 aliphatic carbocycles. The summed E-state index contributed by atoms with van der Waals surface area (Å²) in [4.78, 5) is 53.3. The molecule has 0 aromatic carbocycles. The van der Waals surface area contributed by atoms with Crippen molar-refractivity contribution in [3.63, 3.8) is 0 Å². The van der Waals surface area contributed by atoms with E-state index in [1.807, 2.05) is 0 Å². The van der Waals surface area contributed by atoms with Crippen molar-refractivity contribution >= 4 is 35.8 Å². The molecule has 0 saturated carbocycles. The van der Waals surface area contributed by atoms with Crippen LogP contribution in [0.5, 0.6) is 0 Å². The molecule has 0 atom stereocenters. The third-order valence-electron chi connectivity index (χ3n) is 0. The van der Waals surface area contributed by atoms with E-state index in [4.69, 9.17) is 59.4 Å². The van der Waals surface area contributed by atoms with Crippen LogP contribution in [0.1, 0.15) is 41.5 Å². The van der Waals surface area contributed by atoms with Gasteiger partial charge < -0.3 is 59.4 Å². The first-order valence-electron chi connectivity index (χ1n) is 5.45. The van der Waals surface area contributed by atoms with Crippen LogP contribution < -0.4 is 30.6 Å². The molecule has 0 spiro atoms. The Morgan fingerprint density at radius 1 is 0.385 bits per heavy atom. The maximum absolute atomic E-state index is 8.89. The zero-order valence-corrected chi connectivity index (χ0v) is 17.7. The predicted octanol–water partition coefficient (Wildman–Crippen LogP) is -7.47. The van der Waals surface area contributed by atoms with Gasteiger partial charge in [0.15, 0.2) is 0 Å². The number of hydrogen-bond acceptors (Lipinski definition) is 12. The van der Waals surface area contributed by atoms with Gasteiger partial charge in [-0.1, -0.05) is 0 Å². The van der Waals surface area contributed by atoms with Gasteiger partial charge >= 0.3 is 37.8 Å². The maximum Gasteiger partial charge on any atom is 4.00 e. The standard InChI is InChI=1S/6C2H4O2.Co.Mo/c6*1-2(3)4;;/h6*1H3,(H,3,4);;/q;;;;;;+2;+4/p-6. The van der Waals surface area contributed by atoms with Gasteiger partial charge in [-0.15, -0.1) is 0 Å². The summed E-state index contributed by atoms with van der Waals surface area (Å²) in [7, 11) is 0. The van der Waals surface area contributed by atoms with E-state index in [-0.39, 0.29) is 37.8 Å². The van der Waals surface area contributed by atoms with Gasteiger partial charge in [0.1, 0.15) is 0 Å². The van der Waals surface area contributed by atoms with Crippen molar-refractivity contribution in [1.82, 2.24) is 0 Å². The Balaban J connectivity index is -0.0000000245. The van der Waals surface area contributed by atoms with Crippen molar-refractivity contribution in [2.45, 2.75) is 41.5 Å². The molecule has 0 amide bonds. The van der Waals surface area contributed by atoms with E-state index in [0.717, 1.165) is 41.5 Å². The van der Waals surface area contributed by atoms with Crippen LogP contribution in [-0.2, 0) is 66.6 Å². The van der Waals surface area contributed by atoms with Gasteiger partial charge in [-0.2, -0.15) is 0 Å². The van der Waals surface area contributed by atoms with Gasteiger partial charge in [-0.3, -0.25) is 0 Å². The summed E-state index contributed by atoms with van der Waals surface area (Å²) < 4.78 is 0. The number of aliphatic carboxylic acids is 6. The topological polar surface area (TPSA) is 241 Å². The third kappa shape index (κ3) is 2470. The van der Waals surface area contributed by atoms with Crippen LogP contribution >= 0.6 is 0 Å². The Morgan fingerprint density at radius 3 is 0.385 bits per heavy atom. The van der Waals surface area contributed by atoms with Crippen LogP contribution in [0.25, 0.3) is 0 Å². The summed E-state index contributed by atoms with van der Waals surface area (Å²) in [6, 6.07) is 0. The molecule has 14 heteroatoms. The molecule has 26 heavy (non-hydrogen) atoms. The average molecular weight is 509 g/mol. The van der Waals surface area contributed by atoms with Crippen LogP contribution in [0.15, 0.2) is 0 Å². The fourth-order valence-corrected chi connectivity index (χ4v) is 0. The summed E-state index contributed by atoms with van der Waals surface area (Å²) in [5, 5.41) is 53.3. The van der Waals surface area contributed by atoms with Gasteiger partial charge in [0.2, 0.25) is 0 Å². The van der Waals surface area contributed by atoms with E-state index in [2.05, 4.69) is 0 Å². The molecule has 0 heterocycles. The molecule has 0 aliphatic rings. The van der Waals surface area contributed by atoms with Gasteiger partial charge in [0.25, 0.3) is 0 Å². The van der Waals surface area contributed by atoms with E-state index in [1.54, 1.807) is 0 Å².